The van der Waals surface area contributed by atoms with Gasteiger partial charge in [-0.3, -0.25) is 24.0 Å². The van der Waals surface area contributed by atoms with Crippen LogP contribution in [-0.4, -0.2) is 76.6 Å². The summed E-state index contributed by atoms with van der Waals surface area (Å²) in [5.41, 5.74) is 5.17. The minimum absolute atomic E-state index is 0.0744. The molecule has 0 bridgehead atoms. The normalized spacial score (nSPS) is 15.2. The predicted molar refractivity (Wildman–Crippen MR) is 202 cm³/mol. The number of rotatable bonds is 27. The topological polar surface area (TPSA) is 203 Å². The van der Waals surface area contributed by atoms with Crippen LogP contribution in [0.25, 0.3) is 0 Å². The van der Waals surface area contributed by atoms with Crippen molar-refractivity contribution in [3.8, 4) is 0 Å². The van der Waals surface area contributed by atoms with Crippen LogP contribution in [0.1, 0.15) is 159 Å². The van der Waals surface area contributed by atoms with Gasteiger partial charge in [-0.05, 0) is 57.8 Å². The number of carboxylic acid groups (broad SMARTS) is 1. The lowest BCUT2D eigenvalue weighted by Crippen LogP contribution is -2.59. The maximum Gasteiger partial charge on any atom is 0.329 e. The summed E-state index contributed by atoms with van der Waals surface area (Å²) in [5.74, 6) is -5.33. The Kier molecular flexibility index (Phi) is 24.1. The zero-order valence-electron chi connectivity index (χ0n) is 33.8. The van der Waals surface area contributed by atoms with Crippen molar-refractivity contribution >= 4 is 35.6 Å². The number of ether oxygens (including phenoxy) is 2. The summed E-state index contributed by atoms with van der Waals surface area (Å²) in [6.07, 6.45) is 9.23. The smallest absolute Gasteiger partial charge is 0.329 e. The number of nitrogens with two attached hydrogens (primary N) is 1. The van der Waals surface area contributed by atoms with Gasteiger partial charge in [0.25, 0.3) is 0 Å². The van der Waals surface area contributed by atoms with E-state index in [1.54, 1.807) is 41.5 Å². The van der Waals surface area contributed by atoms with E-state index in [0.717, 1.165) is 19.3 Å². The molecule has 0 saturated carbocycles. The van der Waals surface area contributed by atoms with Crippen molar-refractivity contribution in [3.05, 3.63) is 0 Å². The average Bonchev–Trinajstić information content (AvgIpc) is 3.03. The van der Waals surface area contributed by atoms with Crippen molar-refractivity contribution in [1.29, 1.82) is 0 Å². The molecule has 13 nitrogen and oxygen atoms in total. The third-order valence-electron chi connectivity index (χ3n) is 8.86. The number of carbonyl (C=O) groups is 6. The van der Waals surface area contributed by atoms with Gasteiger partial charge in [0, 0.05) is 0 Å². The van der Waals surface area contributed by atoms with Crippen LogP contribution in [0.5, 0.6) is 0 Å². The summed E-state index contributed by atoms with van der Waals surface area (Å²) in [7, 11) is 0. The molecule has 0 aromatic carbocycles. The summed E-state index contributed by atoms with van der Waals surface area (Å²) in [5, 5.41) is 17.5. The maximum atomic E-state index is 13.8. The Hall–Kier alpha value is -3.22. The minimum atomic E-state index is -1.39. The quantitative estimate of drug-likeness (QED) is 0.0524. The highest BCUT2D eigenvalue weighted by atomic mass is 16.6. The zero-order valence-corrected chi connectivity index (χ0v) is 33.8. The first-order valence-corrected chi connectivity index (χ1v) is 19.5. The van der Waals surface area contributed by atoms with E-state index in [4.69, 9.17) is 15.2 Å². The first-order chi connectivity index (χ1) is 24.2. The van der Waals surface area contributed by atoms with Crippen molar-refractivity contribution in [3.63, 3.8) is 0 Å². The molecule has 0 aromatic rings. The lowest BCUT2D eigenvalue weighted by Gasteiger charge is -2.29. The molecule has 0 aliphatic rings. The van der Waals surface area contributed by atoms with Gasteiger partial charge >= 0.3 is 17.9 Å². The number of hydrogen-bond donors (Lipinski definition) is 5. The molecule has 13 heteroatoms. The number of nitrogens with one attached hydrogen (secondary N) is 3. The van der Waals surface area contributed by atoms with Gasteiger partial charge in [0.1, 0.15) is 29.8 Å². The van der Waals surface area contributed by atoms with Crippen molar-refractivity contribution in [2.45, 2.75) is 195 Å². The Morgan fingerprint density at radius 2 is 1.23 bits per heavy atom. The number of esters is 2. The fourth-order valence-electron chi connectivity index (χ4n) is 5.55. The van der Waals surface area contributed by atoms with Gasteiger partial charge < -0.3 is 36.3 Å². The molecule has 0 aromatic heterocycles. The van der Waals surface area contributed by atoms with Crippen LogP contribution < -0.4 is 21.7 Å². The third kappa shape index (κ3) is 22.0. The molecule has 3 amide bonds. The molecule has 0 aliphatic carbocycles. The van der Waals surface area contributed by atoms with E-state index in [9.17, 15) is 33.9 Å². The van der Waals surface area contributed by atoms with E-state index in [0.29, 0.717) is 19.3 Å². The number of amides is 3. The highest BCUT2D eigenvalue weighted by Gasteiger charge is 2.35. The zero-order chi connectivity index (χ0) is 40.0. The van der Waals surface area contributed by atoms with Crippen LogP contribution in [0.15, 0.2) is 0 Å². The molecule has 0 heterocycles. The van der Waals surface area contributed by atoms with E-state index in [2.05, 4.69) is 22.9 Å². The number of carbonyl (C=O) groups excluding carboxylic acids is 5. The Morgan fingerprint density at radius 3 is 1.71 bits per heavy atom. The molecule has 6 N–H and O–H groups in total. The SMILES string of the molecule is CCCCCCCCCCCC(CC(=O)O)OC(=O)[C@@H](NC(=O)[C@@H](CC(C)C)NC(=O)[C@H](CC(=O)OC(C)(C)C)NC(=O)[C@@H](N)C(C)C)[C@@H](C)CC. The molecule has 0 rings (SSSR count). The number of hydrogen-bond acceptors (Lipinski definition) is 9. The highest BCUT2D eigenvalue weighted by molar-refractivity contribution is 5.96. The summed E-state index contributed by atoms with van der Waals surface area (Å²) in [6, 6.07) is -4.58. The molecule has 0 saturated heterocycles. The minimum Gasteiger partial charge on any atom is -0.481 e. The summed E-state index contributed by atoms with van der Waals surface area (Å²) in [4.78, 5) is 78.3. The second-order valence-corrected chi connectivity index (χ2v) is 16.0. The molecule has 0 radical (unpaired) electrons. The van der Waals surface area contributed by atoms with E-state index < -0.39 is 77.9 Å². The Labute approximate surface area is 313 Å². The van der Waals surface area contributed by atoms with Gasteiger partial charge in [0.05, 0.1) is 18.9 Å². The third-order valence-corrected chi connectivity index (χ3v) is 8.86. The van der Waals surface area contributed by atoms with Crippen LogP contribution in [0, 0.1) is 17.8 Å². The summed E-state index contributed by atoms with van der Waals surface area (Å²) < 4.78 is 11.1. The van der Waals surface area contributed by atoms with E-state index in [-0.39, 0.29) is 30.6 Å². The first-order valence-electron chi connectivity index (χ1n) is 19.5. The second-order valence-electron chi connectivity index (χ2n) is 16.0. The van der Waals surface area contributed by atoms with Crippen molar-refractivity contribution < 1.29 is 43.3 Å². The molecule has 302 valence electrons. The van der Waals surface area contributed by atoms with Gasteiger partial charge in [0.15, 0.2) is 0 Å². The van der Waals surface area contributed by atoms with Crippen LogP contribution in [0.4, 0.5) is 0 Å². The lowest BCUT2D eigenvalue weighted by atomic mass is 9.97. The number of carboxylic acids is 1. The first kappa shape index (κ1) is 48.8. The molecule has 52 heavy (non-hydrogen) atoms. The molecule has 0 spiro atoms. The lowest BCUT2D eigenvalue weighted by molar-refractivity contribution is -0.159. The number of aliphatic carboxylic acids is 1. The molecule has 1 unspecified atom stereocenters. The largest absolute Gasteiger partial charge is 0.481 e. The van der Waals surface area contributed by atoms with Crippen molar-refractivity contribution in [1.82, 2.24) is 16.0 Å². The maximum absolute atomic E-state index is 13.8. The monoisotopic (exact) mass is 741 g/mol. The van der Waals surface area contributed by atoms with Gasteiger partial charge in [-0.15, -0.1) is 0 Å². The van der Waals surface area contributed by atoms with E-state index >= 15 is 0 Å². The van der Waals surface area contributed by atoms with E-state index in [1.165, 1.54) is 32.1 Å². The van der Waals surface area contributed by atoms with Gasteiger partial charge in [-0.1, -0.05) is 106 Å². The summed E-state index contributed by atoms with van der Waals surface area (Å²) >= 11 is 0. The van der Waals surface area contributed by atoms with E-state index in [1.807, 2.05) is 20.8 Å². The highest BCUT2D eigenvalue weighted by Crippen LogP contribution is 2.18. The van der Waals surface area contributed by atoms with Gasteiger partial charge in [-0.2, -0.15) is 0 Å². The molecular formula is C39H72N4O9. The van der Waals surface area contributed by atoms with Crippen LogP contribution in [-0.2, 0) is 38.2 Å². The molecule has 0 aliphatic heterocycles. The van der Waals surface area contributed by atoms with Crippen LogP contribution in [0.3, 0.4) is 0 Å². The fraction of sp³-hybridized carbons (Fsp3) is 0.846. The standard InChI is InChI=1S/C39H72N4O9/c1-11-13-14-15-16-17-18-19-20-21-28(23-31(44)45)51-38(50)34(27(7)12-2)43-36(48)29(22-25(3)4)41-35(47)30(24-32(46)52-39(8,9)10)42-37(49)33(40)26(5)6/h25-30,33-34H,11-24,40H2,1-10H3,(H,41,47)(H,42,49)(H,43,48)(H,44,45)/t27-,28?,29+,30-,33-,34-/m0/s1. The van der Waals surface area contributed by atoms with Gasteiger partial charge in [-0.25, -0.2) is 4.79 Å². The Bertz CT molecular complexity index is 1110. The van der Waals surface area contributed by atoms with Gasteiger partial charge in [0.2, 0.25) is 17.7 Å². The molecule has 0 fully saturated rings. The Balaban J connectivity index is 5.90. The molecule has 6 atom stereocenters. The Morgan fingerprint density at radius 1 is 0.712 bits per heavy atom. The second kappa shape index (κ2) is 25.7. The van der Waals surface area contributed by atoms with Crippen molar-refractivity contribution in [2.75, 3.05) is 0 Å². The predicted octanol–water partition coefficient (Wildman–Crippen LogP) is 5.56. The summed E-state index contributed by atoms with van der Waals surface area (Å²) in [6.45, 7) is 18.1. The molecular weight excluding hydrogens is 668 g/mol. The van der Waals surface area contributed by atoms with Crippen molar-refractivity contribution in [2.24, 2.45) is 23.5 Å². The van der Waals surface area contributed by atoms with Crippen LogP contribution in [0.2, 0.25) is 0 Å². The number of unbranched alkanes of at least 4 members (excludes halogenated alkanes) is 8. The van der Waals surface area contributed by atoms with Crippen LogP contribution >= 0.6 is 0 Å². The fourth-order valence-corrected chi connectivity index (χ4v) is 5.55. The average molecular weight is 741 g/mol.